The Morgan fingerprint density at radius 2 is 1.94 bits per heavy atom. The van der Waals surface area contributed by atoms with E-state index in [1.54, 1.807) is 10.8 Å². The molecule has 0 aromatic heterocycles. The average Bonchev–Trinajstić information content (AvgIpc) is 2.30. The minimum absolute atomic E-state index is 0.306. The van der Waals surface area contributed by atoms with E-state index in [1.165, 1.54) is 18.2 Å². The van der Waals surface area contributed by atoms with Gasteiger partial charge in [0.2, 0.25) is 5.91 Å². The van der Waals surface area contributed by atoms with Gasteiger partial charge in [-0.2, -0.15) is 0 Å². The summed E-state index contributed by atoms with van der Waals surface area (Å²) in [6, 6.07) is 4.62. The Bertz CT molecular complexity index is 584. The first-order valence-electron chi connectivity index (χ1n) is 4.59. The molecule has 0 atom stereocenters. The fourth-order valence-electron chi connectivity index (χ4n) is 1.00. The smallest absolute Gasteiger partial charge is 0.257 e. The minimum Gasteiger partial charge on any atom is -0.273 e. The third-order valence-electron chi connectivity index (χ3n) is 1.76. The lowest BCUT2D eigenvalue weighted by atomic mass is 10.2. The van der Waals surface area contributed by atoms with Crippen LogP contribution in [-0.2, 0) is 14.8 Å². The fourth-order valence-corrected chi connectivity index (χ4v) is 2.25. The highest BCUT2D eigenvalue weighted by molar-refractivity contribution is 7.93. The van der Waals surface area contributed by atoms with E-state index >= 15 is 0 Å². The zero-order chi connectivity index (χ0) is 13.8. The van der Waals surface area contributed by atoms with Crippen molar-refractivity contribution in [2.75, 3.05) is 5.88 Å². The van der Waals surface area contributed by atoms with Crippen LogP contribution in [0.3, 0.4) is 0 Å². The number of alkyl halides is 1. The van der Waals surface area contributed by atoms with E-state index in [0.717, 1.165) is 5.41 Å². The molecule has 0 bridgehead atoms. The van der Waals surface area contributed by atoms with E-state index < -0.39 is 21.8 Å². The molecule has 0 aliphatic carbocycles. The molecule has 8 heteroatoms. The topological polar surface area (TPSA) is 63.2 Å². The van der Waals surface area contributed by atoms with E-state index in [9.17, 15) is 13.2 Å². The fraction of sp³-hybridized carbons (Fsp3) is 0.100. The summed E-state index contributed by atoms with van der Waals surface area (Å²) in [7, 11) is -3.85. The number of benzene rings is 1. The molecule has 0 aliphatic heterocycles. The maximum atomic E-state index is 11.4. The number of carbonyl (C=O) groups is 1. The number of carbonyl (C=O) groups excluding carboxylic acids is 1. The van der Waals surface area contributed by atoms with Crippen LogP contribution in [0.2, 0.25) is 10.0 Å². The normalized spacial score (nSPS) is 11.7. The van der Waals surface area contributed by atoms with Crippen molar-refractivity contribution in [3.05, 3.63) is 39.2 Å². The molecular formula is C10H8Cl3NO3S. The number of amides is 1. The number of nitrogens with one attached hydrogen (secondary N) is 1. The van der Waals surface area contributed by atoms with Gasteiger partial charge < -0.3 is 0 Å². The van der Waals surface area contributed by atoms with Crippen molar-refractivity contribution in [2.45, 2.75) is 0 Å². The van der Waals surface area contributed by atoms with Crippen LogP contribution >= 0.6 is 34.8 Å². The first kappa shape index (κ1) is 15.3. The van der Waals surface area contributed by atoms with Crippen molar-refractivity contribution in [3.63, 3.8) is 0 Å². The van der Waals surface area contributed by atoms with Crippen molar-refractivity contribution in [2.24, 2.45) is 0 Å². The highest BCUT2D eigenvalue weighted by atomic mass is 35.5. The number of hydrogen-bond acceptors (Lipinski definition) is 3. The molecule has 0 heterocycles. The summed E-state index contributed by atoms with van der Waals surface area (Å²) in [4.78, 5) is 10.8. The Labute approximate surface area is 120 Å². The van der Waals surface area contributed by atoms with Gasteiger partial charge in [-0.25, -0.2) is 13.1 Å². The summed E-state index contributed by atoms with van der Waals surface area (Å²) >= 11 is 16.7. The Balaban J connectivity index is 2.86. The van der Waals surface area contributed by atoms with E-state index in [0.29, 0.717) is 15.6 Å². The van der Waals surface area contributed by atoms with Gasteiger partial charge in [0.25, 0.3) is 10.0 Å². The molecule has 1 rings (SSSR count). The van der Waals surface area contributed by atoms with Crippen LogP contribution in [0.25, 0.3) is 6.08 Å². The van der Waals surface area contributed by atoms with Gasteiger partial charge >= 0.3 is 0 Å². The summed E-state index contributed by atoms with van der Waals surface area (Å²) in [5.74, 6) is -1.23. The molecule has 18 heavy (non-hydrogen) atoms. The SMILES string of the molecule is O=C(CCl)NS(=O)(=O)C=Cc1ccc(Cl)c(Cl)c1. The van der Waals surface area contributed by atoms with Gasteiger partial charge in [-0.1, -0.05) is 29.3 Å². The van der Waals surface area contributed by atoms with Crippen LogP contribution in [0.1, 0.15) is 5.56 Å². The first-order valence-corrected chi connectivity index (χ1v) is 7.42. The molecular weight excluding hydrogens is 321 g/mol. The zero-order valence-electron chi connectivity index (χ0n) is 8.86. The molecule has 0 unspecified atom stereocenters. The average molecular weight is 329 g/mol. The van der Waals surface area contributed by atoms with Crippen molar-refractivity contribution in [3.8, 4) is 0 Å². The van der Waals surface area contributed by atoms with E-state index in [-0.39, 0.29) is 0 Å². The summed E-state index contributed by atoms with van der Waals surface area (Å²) in [5.41, 5.74) is 0.535. The Hall–Kier alpha value is -0.750. The van der Waals surface area contributed by atoms with Crippen LogP contribution in [0, 0.1) is 0 Å². The Morgan fingerprint density at radius 3 is 2.50 bits per heavy atom. The third-order valence-corrected chi connectivity index (χ3v) is 3.75. The van der Waals surface area contributed by atoms with Crippen molar-refractivity contribution in [1.82, 2.24) is 4.72 Å². The number of sulfonamides is 1. The standard InChI is InChI=1S/C10H8Cl3NO3S/c11-6-10(15)14-18(16,17)4-3-7-1-2-8(12)9(13)5-7/h1-5H,6H2,(H,14,15). The summed E-state index contributed by atoms with van der Waals surface area (Å²) < 4.78 is 24.5. The monoisotopic (exact) mass is 327 g/mol. The van der Waals surface area contributed by atoms with Crippen molar-refractivity contribution >= 4 is 56.8 Å². The van der Waals surface area contributed by atoms with Crippen molar-refractivity contribution in [1.29, 1.82) is 0 Å². The zero-order valence-corrected chi connectivity index (χ0v) is 11.9. The molecule has 98 valence electrons. The lowest BCUT2D eigenvalue weighted by Gasteiger charge is -2.00. The molecule has 4 nitrogen and oxygen atoms in total. The second kappa shape index (κ2) is 6.43. The molecule has 0 saturated carbocycles. The quantitative estimate of drug-likeness (QED) is 0.864. The second-order valence-electron chi connectivity index (χ2n) is 3.18. The van der Waals surface area contributed by atoms with E-state index in [2.05, 4.69) is 0 Å². The summed E-state index contributed by atoms with van der Waals surface area (Å²) in [5, 5.41) is 1.52. The van der Waals surface area contributed by atoms with Crippen LogP contribution in [-0.4, -0.2) is 20.2 Å². The third kappa shape index (κ3) is 4.86. The van der Waals surface area contributed by atoms with Gasteiger partial charge in [-0.15, -0.1) is 11.6 Å². The van der Waals surface area contributed by atoms with Gasteiger partial charge in [0, 0.05) is 0 Å². The number of halogens is 3. The molecule has 0 fully saturated rings. The maximum Gasteiger partial charge on any atom is 0.257 e. The van der Waals surface area contributed by atoms with E-state index in [1.807, 2.05) is 0 Å². The molecule has 1 N–H and O–H groups in total. The van der Waals surface area contributed by atoms with Gasteiger partial charge in [0.1, 0.15) is 5.88 Å². The molecule has 0 aliphatic rings. The molecule has 0 radical (unpaired) electrons. The second-order valence-corrected chi connectivity index (χ2v) is 5.83. The lowest BCUT2D eigenvalue weighted by Crippen LogP contribution is -2.29. The van der Waals surface area contributed by atoms with E-state index in [4.69, 9.17) is 34.8 Å². The lowest BCUT2D eigenvalue weighted by molar-refractivity contribution is -0.116. The predicted molar refractivity (Wildman–Crippen MR) is 73.3 cm³/mol. The maximum absolute atomic E-state index is 11.4. The molecule has 0 spiro atoms. The van der Waals surface area contributed by atoms with Crippen LogP contribution in [0.4, 0.5) is 0 Å². The number of rotatable bonds is 4. The molecule has 1 aromatic carbocycles. The predicted octanol–water partition coefficient (Wildman–Crippen LogP) is 2.65. The Morgan fingerprint density at radius 1 is 1.28 bits per heavy atom. The van der Waals surface area contributed by atoms with Gasteiger partial charge in [-0.3, -0.25) is 4.79 Å². The largest absolute Gasteiger partial charge is 0.273 e. The summed E-state index contributed by atoms with van der Waals surface area (Å²) in [6.45, 7) is 0. The number of hydrogen-bond donors (Lipinski definition) is 1. The van der Waals surface area contributed by atoms with Crippen molar-refractivity contribution < 1.29 is 13.2 Å². The molecule has 1 amide bonds. The van der Waals surface area contributed by atoms with Crippen LogP contribution in [0.5, 0.6) is 0 Å². The highest BCUT2D eigenvalue weighted by Crippen LogP contribution is 2.23. The highest BCUT2D eigenvalue weighted by Gasteiger charge is 2.09. The van der Waals surface area contributed by atoms with Crippen LogP contribution < -0.4 is 4.72 Å². The van der Waals surface area contributed by atoms with Gasteiger partial charge in [-0.05, 0) is 23.8 Å². The molecule has 1 aromatic rings. The minimum atomic E-state index is -3.85. The summed E-state index contributed by atoms with van der Waals surface area (Å²) in [6.07, 6.45) is 1.28. The van der Waals surface area contributed by atoms with Gasteiger partial charge in [0.05, 0.1) is 15.5 Å². The van der Waals surface area contributed by atoms with Gasteiger partial charge in [0.15, 0.2) is 0 Å². The first-order chi connectivity index (χ1) is 8.34. The Kier molecular flexibility index (Phi) is 5.47. The van der Waals surface area contributed by atoms with Crippen LogP contribution in [0.15, 0.2) is 23.6 Å². The molecule has 0 saturated heterocycles.